The molecule has 7 nitrogen and oxygen atoms in total. The van der Waals surface area contributed by atoms with Gasteiger partial charge in [-0.05, 0) is 43.2 Å². The molecule has 2 aromatic rings. The van der Waals surface area contributed by atoms with Gasteiger partial charge in [0.2, 0.25) is 5.89 Å². The Morgan fingerprint density at radius 1 is 1.15 bits per heavy atom. The summed E-state index contributed by atoms with van der Waals surface area (Å²) in [5, 5.41) is 12.0. The molecule has 0 unspecified atom stereocenters. The molecule has 2 N–H and O–H groups in total. The van der Waals surface area contributed by atoms with Crippen LogP contribution in [0.1, 0.15) is 78.9 Å². The third kappa shape index (κ3) is 6.27. The molecular weight excluding hydrogens is 431 g/mol. The minimum atomic E-state index is -0.791. The molecule has 8 heteroatoms. The maximum atomic E-state index is 12.4. The normalized spacial score (nSPS) is 23.3. The van der Waals surface area contributed by atoms with Crippen LogP contribution in [0, 0.1) is 5.92 Å². The third-order valence-corrected chi connectivity index (χ3v) is 6.71. The number of fused-ring (bicyclic) bond motifs is 2. The van der Waals surface area contributed by atoms with Crippen molar-refractivity contribution in [2.24, 2.45) is 5.92 Å². The van der Waals surface area contributed by atoms with Crippen LogP contribution < -0.4 is 5.32 Å². The molecule has 0 aliphatic carbocycles. The molecule has 3 heterocycles. The van der Waals surface area contributed by atoms with E-state index in [-0.39, 0.29) is 65.9 Å². The van der Waals surface area contributed by atoms with Crippen LogP contribution in [0.4, 0.5) is 0 Å². The average molecular weight is 465 g/mol. The zero-order valence-corrected chi connectivity index (χ0v) is 18.6. The number of hydrogen-bond acceptors (Lipinski definition) is 5. The van der Waals surface area contributed by atoms with Gasteiger partial charge in [-0.3, -0.25) is 9.59 Å². The zero-order chi connectivity index (χ0) is 22.5. The minimum absolute atomic E-state index is 0. The average Bonchev–Trinajstić information content (AvgIpc) is 3.52. The second-order valence-corrected chi connectivity index (χ2v) is 8.88. The Labute approximate surface area is 217 Å². The first-order valence-corrected chi connectivity index (χ1v) is 11.7. The van der Waals surface area contributed by atoms with Crippen molar-refractivity contribution in [2.45, 2.75) is 76.4 Å². The Morgan fingerprint density at radius 3 is 2.67 bits per heavy atom. The van der Waals surface area contributed by atoms with Crippen molar-refractivity contribution in [1.82, 2.24) is 10.3 Å². The number of unbranched alkanes of at least 4 members (excludes halogenated alkanes) is 2. The Morgan fingerprint density at radius 2 is 1.91 bits per heavy atom. The van der Waals surface area contributed by atoms with Gasteiger partial charge in [-0.15, -0.1) is 0 Å². The van der Waals surface area contributed by atoms with Crippen molar-refractivity contribution in [3.05, 3.63) is 53.2 Å². The fraction of sp³-hybridized carbons (Fsp3) is 0.560. The summed E-state index contributed by atoms with van der Waals surface area (Å²) in [6.07, 6.45) is 8.17. The summed E-state index contributed by atoms with van der Waals surface area (Å²) < 4.78 is 12.0. The zero-order valence-electron chi connectivity index (χ0n) is 18.6. The molecule has 2 aliphatic heterocycles. The SMILES string of the molecule is CCCCCNC(=O)c1coc([C@@H]2[C@@H](Cc3ccccc3CCC(=O)O)[C@@H]3CC[C@H]2O3)n1.[NaH]. The molecule has 1 amide bonds. The van der Waals surface area contributed by atoms with Crippen LogP contribution in [-0.4, -0.2) is 70.3 Å². The Balaban J connectivity index is 0.00000306. The van der Waals surface area contributed by atoms with Crippen molar-refractivity contribution in [3.63, 3.8) is 0 Å². The summed E-state index contributed by atoms with van der Waals surface area (Å²) in [6.45, 7) is 2.77. The van der Waals surface area contributed by atoms with Gasteiger partial charge in [-0.1, -0.05) is 44.0 Å². The molecule has 4 atom stereocenters. The monoisotopic (exact) mass is 464 g/mol. The summed E-state index contributed by atoms with van der Waals surface area (Å²) in [5.41, 5.74) is 2.54. The number of aryl methyl sites for hydroxylation is 1. The number of rotatable bonds is 11. The molecule has 2 aliphatic rings. The number of carbonyl (C=O) groups is 2. The van der Waals surface area contributed by atoms with Crippen molar-refractivity contribution >= 4 is 41.4 Å². The third-order valence-electron chi connectivity index (χ3n) is 6.71. The first-order valence-electron chi connectivity index (χ1n) is 11.7. The summed E-state index contributed by atoms with van der Waals surface area (Å²) in [5.74, 6) is -0.220. The number of oxazole rings is 1. The number of hydrogen-bond donors (Lipinski definition) is 2. The van der Waals surface area contributed by atoms with Gasteiger partial charge in [0.1, 0.15) is 6.26 Å². The molecule has 0 radical (unpaired) electrons. The summed E-state index contributed by atoms with van der Waals surface area (Å²) in [6, 6.07) is 8.03. The summed E-state index contributed by atoms with van der Waals surface area (Å²) in [4.78, 5) is 28.0. The topological polar surface area (TPSA) is 102 Å². The van der Waals surface area contributed by atoms with Crippen molar-refractivity contribution in [3.8, 4) is 0 Å². The number of aromatic nitrogens is 1. The maximum absolute atomic E-state index is 12.4. The predicted molar refractivity (Wildman–Crippen MR) is 126 cm³/mol. The van der Waals surface area contributed by atoms with Crippen molar-refractivity contribution in [2.75, 3.05) is 6.54 Å². The van der Waals surface area contributed by atoms with Gasteiger partial charge < -0.3 is 19.6 Å². The molecule has 4 rings (SSSR count). The predicted octanol–water partition coefficient (Wildman–Crippen LogP) is 3.47. The van der Waals surface area contributed by atoms with Crippen molar-refractivity contribution < 1.29 is 23.8 Å². The number of benzene rings is 1. The number of ether oxygens (including phenoxy) is 1. The number of nitrogens with one attached hydrogen (secondary N) is 1. The molecule has 2 saturated heterocycles. The van der Waals surface area contributed by atoms with Gasteiger partial charge in [0.25, 0.3) is 5.91 Å². The van der Waals surface area contributed by atoms with E-state index in [0.717, 1.165) is 49.7 Å². The molecule has 2 bridgehead atoms. The van der Waals surface area contributed by atoms with Crippen LogP contribution >= 0.6 is 0 Å². The van der Waals surface area contributed by atoms with Crippen LogP contribution in [0.3, 0.4) is 0 Å². The van der Waals surface area contributed by atoms with E-state index in [9.17, 15) is 9.59 Å². The van der Waals surface area contributed by atoms with Gasteiger partial charge >= 0.3 is 35.5 Å². The van der Waals surface area contributed by atoms with E-state index in [4.69, 9.17) is 14.3 Å². The Hall–Kier alpha value is -1.67. The first kappa shape index (κ1) is 25.9. The van der Waals surface area contributed by atoms with Gasteiger partial charge in [-0.2, -0.15) is 0 Å². The number of aliphatic carboxylic acids is 1. The number of nitrogens with zero attached hydrogens (tertiary/aromatic N) is 1. The number of carbonyl (C=O) groups excluding carboxylic acids is 1. The fourth-order valence-corrected chi connectivity index (χ4v) is 5.08. The number of carboxylic acid groups (broad SMARTS) is 1. The molecule has 0 saturated carbocycles. The van der Waals surface area contributed by atoms with Gasteiger partial charge in [0, 0.05) is 18.9 Å². The van der Waals surface area contributed by atoms with E-state index in [2.05, 4.69) is 23.3 Å². The van der Waals surface area contributed by atoms with E-state index in [1.807, 2.05) is 18.2 Å². The van der Waals surface area contributed by atoms with Gasteiger partial charge in [-0.25, -0.2) is 4.98 Å². The molecule has 174 valence electrons. The van der Waals surface area contributed by atoms with E-state index in [1.54, 1.807) is 0 Å². The van der Waals surface area contributed by atoms with Crippen LogP contribution in [-0.2, 0) is 22.4 Å². The van der Waals surface area contributed by atoms with E-state index in [1.165, 1.54) is 6.26 Å². The van der Waals surface area contributed by atoms with Crippen LogP contribution in [0.15, 0.2) is 34.9 Å². The molecule has 1 aromatic carbocycles. The van der Waals surface area contributed by atoms with Crippen LogP contribution in [0.5, 0.6) is 0 Å². The molecule has 33 heavy (non-hydrogen) atoms. The van der Waals surface area contributed by atoms with Gasteiger partial charge in [0.05, 0.1) is 18.1 Å². The number of amides is 1. The molecule has 1 aromatic heterocycles. The Bertz CT molecular complexity index is 946. The second kappa shape index (κ2) is 12.2. The van der Waals surface area contributed by atoms with Gasteiger partial charge in [0.15, 0.2) is 5.69 Å². The van der Waals surface area contributed by atoms with Crippen LogP contribution in [0.25, 0.3) is 0 Å². The molecule has 2 fully saturated rings. The van der Waals surface area contributed by atoms with E-state index >= 15 is 0 Å². The summed E-state index contributed by atoms with van der Waals surface area (Å²) in [7, 11) is 0. The first-order chi connectivity index (χ1) is 15.6. The number of carboxylic acids is 1. The molecular formula is C25H33N2NaO5. The van der Waals surface area contributed by atoms with E-state index < -0.39 is 5.97 Å². The van der Waals surface area contributed by atoms with Crippen molar-refractivity contribution in [1.29, 1.82) is 0 Å². The van der Waals surface area contributed by atoms with Crippen LogP contribution in [0.2, 0.25) is 0 Å². The fourth-order valence-electron chi connectivity index (χ4n) is 5.08. The quantitative estimate of drug-likeness (QED) is 0.390. The summed E-state index contributed by atoms with van der Waals surface area (Å²) >= 11 is 0. The Kier molecular flexibility index (Phi) is 9.56. The second-order valence-electron chi connectivity index (χ2n) is 8.88. The molecule has 0 spiro atoms. The van der Waals surface area contributed by atoms with E-state index in [0.29, 0.717) is 24.6 Å². The standard InChI is InChI=1S/C25H32N2O5.Na.H/c1-2-3-6-13-26-24(30)19-15-31-25(27-19)23-18(20-10-11-21(23)32-20)14-17-8-5-4-7-16(17)9-12-22(28)29;;/h4-5,7-8,15,18,20-21,23H,2-3,6,9-14H2,1H3,(H,26,30)(H,28,29);;/t18-,20-,21+,23+;;/m0../s1.